The lowest BCUT2D eigenvalue weighted by molar-refractivity contribution is -0.140. The van der Waals surface area contributed by atoms with Gasteiger partial charge in [-0.1, -0.05) is 12.1 Å². The average molecular weight is 342 g/mol. The Labute approximate surface area is 136 Å². The van der Waals surface area contributed by atoms with E-state index in [0.717, 1.165) is 10.9 Å². The summed E-state index contributed by atoms with van der Waals surface area (Å²) < 4.78 is 50.6. The van der Waals surface area contributed by atoms with Crippen molar-refractivity contribution in [2.75, 3.05) is 7.11 Å². The zero-order valence-electron chi connectivity index (χ0n) is 13.4. The number of rotatable bonds is 5. The van der Waals surface area contributed by atoms with Crippen molar-refractivity contribution in [2.45, 2.75) is 32.7 Å². The van der Waals surface area contributed by atoms with E-state index in [9.17, 15) is 18.0 Å². The minimum Gasteiger partial charge on any atom is -0.497 e. The maximum atomic E-state index is 13.2. The largest absolute Gasteiger partial charge is 0.497 e. The molecule has 130 valence electrons. The van der Waals surface area contributed by atoms with Crippen LogP contribution in [-0.2, 0) is 12.7 Å². The molecule has 2 aromatic rings. The summed E-state index contributed by atoms with van der Waals surface area (Å²) in [6.45, 7) is 3.06. The highest BCUT2D eigenvalue weighted by molar-refractivity contribution is 5.32. The van der Waals surface area contributed by atoms with Crippen LogP contribution in [0.4, 0.5) is 13.2 Å². The summed E-state index contributed by atoms with van der Waals surface area (Å²) in [4.78, 5) is 12.2. The van der Waals surface area contributed by atoms with Gasteiger partial charge in [0, 0.05) is 0 Å². The van der Waals surface area contributed by atoms with Gasteiger partial charge in [0.05, 0.1) is 26.0 Å². The van der Waals surface area contributed by atoms with Crippen LogP contribution in [0.25, 0.3) is 0 Å². The highest BCUT2D eigenvalue weighted by Gasteiger charge is 2.39. The van der Waals surface area contributed by atoms with Crippen LogP contribution in [0.3, 0.4) is 0 Å². The summed E-state index contributed by atoms with van der Waals surface area (Å²) in [5.41, 5.74) is -1.97. The molecular formula is C16H17F3N2O3. The van der Waals surface area contributed by atoms with Crippen LogP contribution >= 0.6 is 0 Å². The number of benzene rings is 1. The van der Waals surface area contributed by atoms with Crippen molar-refractivity contribution in [3.05, 3.63) is 51.9 Å². The molecule has 5 nitrogen and oxygen atoms in total. The van der Waals surface area contributed by atoms with Crippen molar-refractivity contribution in [3.63, 3.8) is 0 Å². The molecule has 0 fully saturated rings. The molecule has 24 heavy (non-hydrogen) atoms. The van der Waals surface area contributed by atoms with E-state index in [1.807, 2.05) is 0 Å². The highest BCUT2D eigenvalue weighted by atomic mass is 19.4. The molecule has 8 heteroatoms. The maximum absolute atomic E-state index is 13.2. The van der Waals surface area contributed by atoms with Crippen LogP contribution in [0, 0.1) is 0 Å². The Balaban J connectivity index is 2.42. The van der Waals surface area contributed by atoms with E-state index >= 15 is 0 Å². The molecular weight excluding hydrogens is 325 g/mol. The van der Waals surface area contributed by atoms with Crippen molar-refractivity contribution in [1.82, 2.24) is 9.78 Å². The van der Waals surface area contributed by atoms with E-state index in [2.05, 4.69) is 5.10 Å². The average Bonchev–Trinajstić information content (AvgIpc) is 2.49. The van der Waals surface area contributed by atoms with Crippen LogP contribution in [0.5, 0.6) is 11.5 Å². The topological polar surface area (TPSA) is 53.4 Å². The normalized spacial score (nSPS) is 11.6. The van der Waals surface area contributed by atoms with Crippen LogP contribution in [-0.4, -0.2) is 23.0 Å². The van der Waals surface area contributed by atoms with Crippen molar-refractivity contribution < 1.29 is 22.6 Å². The molecule has 0 aliphatic rings. The van der Waals surface area contributed by atoms with Gasteiger partial charge in [-0.3, -0.25) is 4.79 Å². The molecule has 2 rings (SSSR count). The summed E-state index contributed by atoms with van der Waals surface area (Å²) in [5.74, 6) is 0.0456. The number of aromatic nitrogens is 2. The fourth-order valence-electron chi connectivity index (χ4n) is 2.09. The van der Waals surface area contributed by atoms with Gasteiger partial charge < -0.3 is 9.47 Å². The Morgan fingerprint density at radius 3 is 2.33 bits per heavy atom. The summed E-state index contributed by atoms with van der Waals surface area (Å²) in [5, 5.41) is 3.79. The smallest absolute Gasteiger partial charge is 0.425 e. The number of ether oxygens (including phenoxy) is 2. The van der Waals surface area contributed by atoms with Gasteiger partial charge in [-0.2, -0.15) is 18.3 Å². The van der Waals surface area contributed by atoms with Gasteiger partial charge in [-0.15, -0.1) is 0 Å². The van der Waals surface area contributed by atoms with E-state index in [4.69, 9.17) is 9.47 Å². The molecule has 0 radical (unpaired) electrons. The van der Waals surface area contributed by atoms with Gasteiger partial charge >= 0.3 is 6.18 Å². The third-order valence-electron chi connectivity index (χ3n) is 3.15. The van der Waals surface area contributed by atoms with E-state index in [1.165, 1.54) is 7.11 Å². The molecule has 1 heterocycles. The zero-order chi connectivity index (χ0) is 17.9. The standard InChI is InChI=1S/C16H17F3N2O3/c1-10(2)24-13-8-20-21(15(22)14(13)16(17,18)19)9-11-4-6-12(23-3)7-5-11/h4-8,10H,9H2,1-3H3. The van der Waals surface area contributed by atoms with Gasteiger partial charge in [-0.25, -0.2) is 4.68 Å². The van der Waals surface area contributed by atoms with Gasteiger partial charge in [0.1, 0.15) is 5.75 Å². The van der Waals surface area contributed by atoms with Crippen molar-refractivity contribution in [1.29, 1.82) is 0 Å². The maximum Gasteiger partial charge on any atom is 0.425 e. The molecule has 0 spiro atoms. The Bertz CT molecular complexity index is 753. The lowest BCUT2D eigenvalue weighted by Gasteiger charge is -2.16. The first kappa shape index (κ1) is 17.8. The molecule has 0 amide bonds. The monoisotopic (exact) mass is 342 g/mol. The Kier molecular flexibility index (Phi) is 5.16. The second-order valence-corrected chi connectivity index (χ2v) is 5.36. The molecule has 1 aromatic carbocycles. The third kappa shape index (κ3) is 4.06. The van der Waals surface area contributed by atoms with E-state index in [0.29, 0.717) is 11.3 Å². The third-order valence-corrected chi connectivity index (χ3v) is 3.15. The fourth-order valence-corrected chi connectivity index (χ4v) is 2.09. The minimum absolute atomic E-state index is 0.0894. The van der Waals surface area contributed by atoms with Crippen molar-refractivity contribution in [3.8, 4) is 11.5 Å². The fraction of sp³-hybridized carbons (Fsp3) is 0.375. The number of hydrogen-bond donors (Lipinski definition) is 0. The summed E-state index contributed by atoms with van der Waals surface area (Å²) in [6.07, 6.45) is -4.41. The molecule has 0 bridgehead atoms. The molecule has 0 saturated heterocycles. The number of alkyl halides is 3. The first-order valence-electron chi connectivity index (χ1n) is 7.19. The van der Waals surface area contributed by atoms with Gasteiger partial charge in [0.15, 0.2) is 11.3 Å². The first-order valence-corrected chi connectivity index (χ1v) is 7.19. The molecule has 0 aliphatic carbocycles. The zero-order valence-corrected chi connectivity index (χ0v) is 13.4. The van der Waals surface area contributed by atoms with Crippen LogP contribution in [0.15, 0.2) is 35.3 Å². The minimum atomic E-state index is -4.83. The second-order valence-electron chi connectivity index (χ2n) is 5.36. The Hall–Kier alpha value is -2.51. The van der Waals surface area contributed by atoms with Gasteiger partial charge in [-0.05, 0) is 31.5 Å². The lowest BCUT2D eigenvalue weighted by atomic mass is 10.2. The first-order chi connectivity index (χ1) is 11.2. The Morgan fingerprint density at radius 2 is 1.83 bits per heavy atom. The predicted molar refractivity (Wildman–Crippen MR) is 81.4 cm³/mol. The summed E-state index contributed by atoms with van der Waals surface area (Å²) >= 11 is 0. The lowest BCUT2D eigenvalue weighted by Crippen LogP contribution is -2.32. The molecule has 0 atom stereocenters. The van der Waals surface area contributed by atoms with Crippen molar-refractivity contribution >= 4 is 0 Å². The van der Waals surface area contributed by atoms with Gasteiger partial charge in [0.2, 0.25) is 0 Å². The summed E-state index contributed by atoms with van der Waals surface area (Å²) in [6, 6.07) is 6.61. The number of hydrogen-bond acceptors (Lipinski definition) is 4. The molecule has 0 N–H and O–H groups in total. The van der Waals surface area contributed by atoms with Crippen LogP contribution in [0.1, 0.15) is 25.0 Å². The molecule has 0 aliphatic heterocycles. The van der Waals surface area contributed by atoms with Crippen LogP contribution in [0.2, 0.25) is 0 Å². The SMILES string of the molecule is COc1ccc(Cn2ncc(OC(C)C)c(C(F)(F)F)c2=O)cc1. The van der Waals surface area contributed by atoms with Gasteiger partial charge in [0.25, 0.3) is 5.56 Å². The Morgan fingerprint density at radius 1 is 1.21 bits per heavy atom. The molecule has 0 unspecified atom stereocenters. The van der Waals surface area contributed by atoms with Crippen LogP contribution < -0.4 is 15.0 Å². The molecule has 1 aromatic heterocycles. The van der Waals surface area contributed by atoms with Crippen molar-refractivity contribution in [2.24, 2.45) is 0 Å². The number of methoxy groups -OCH3 is 1. The second kappa shape index (κ2) is 6.94. The number of halogens is 3. The number of nitrogens with zero attached hydrogens (tertiary/aromatic N) is 2. The molecule has 0 saturated carbocycles. The van der Waals surface area contributed by atoms with E-state index < -0.39 is 29.2 Å². The highest BCUT2D eigenvalue weighted by Crippen LogP contribution is 2.33. The predicted octanol–water partition coefficient (Wildman–Crippen LogP) is 3.11. The van der Waals surface area contributed by atoms with E-state index in [-0.39, 0.29) is 6.54 Å². The summed E-state index contributed by atoms with van der Waals surface area (Å²) in [7, 11) is 1.50. The quantitative estimate of drug-likeness (QED) is 0.838. The van der Waals surface area contributed by atoms with E-state index in [1.54, 1.807) is 38.1 Å².